The number of anilines is 4. The monoisotopic (exact) mass is 1900 g/mol. The van der Waals surface area contributed by atoms with E-state index in [9.17, 15) is 33.9 Å². The van der Waals surface area contributed by atoms with E-state index in [1.54, 1.807) is 38.0 Å². The Balaban J connectivity index is 0.000000114. The first-order chi connectivity index (χ1) is 68.8. The fraction of sp³-hybridized carbons (Fsp3) is 0.388. The van der Waals surface area contributed by atoms with Gasteiger partial charge in [-0.15, -0.1) is 0 Å². The van der Waals surface area contributed by atoms with Crippen LogP contribution in [-0.4, -0.2) is 147 Å². The molecule has 4 saturated carbocycles. The van der Waals surface area contributed by atoms with Gasteiger partial charge in [-0.05, 0) is 338 Å². The number of H-pyrrole nitrogens is 4. The summed E-state index contributed by atoms with van der Waals surface area (Å²) in [6, 6.07) is 75.8. The van der Waals surface area contributed by atoms with Gasteiger partial charge in [0.2, 0.25) is 0 Å². The van der Waals surface area contributed by atoms with Crippen molar-refractivity contribution < 1.29 is 52.8 Å². The molecule has 4 spiro atoms. The van der Waals surface area contributed by atoms with Gasteiger partial charge in [0.15, 0.2) is 17.3 Å². The number of ether oxygens (including phenoxy) is 4. The highest BCUT2D eigenvalue weighted by atomic mass is 16.5. The molecule has 10 aliphatic rings. The zero-order valence-electron chi connectivity index (χ0n) is 83.0. The Morgan fingerprint density at radius 1 is 0.331 bits per heavy atom. The van der Waals surface area contributed by atoms with Crippen LogP contribution in [-0.2, 0) is 9.59 Å². The summed E-state index contributed by atoms with van der Waals surface area (Å²) in [6.07, 6.45) is 30.1. The number of carboxylic acids is 1. The number of Topliss-reactive ketones (excluding diaryl/α,β-unsaturated/α-hetero) is 5. The number of carboxylic acid groups (broad SMARTS) is 1. The van der Waals surface area contributed by atoms with Crippen molar-refractivity contribution in [2.24, 2.45) is 21.7 Å². The van der Waals surface area contributed by atoms with Gasteiger partial charge in [0, 0.05) is 218 Å². The first kappa shape index (κ1) is 94.7. The molecule has 10 aromatic carbocycles. The van der Waals surface area contributed by atoms with E-state index >= 15 is 0 Å². The molecule has 6 aliphatic heterocycles. The molecule has 4 aliphatic carbocycles. The molecule has 5 N–H and O–H groups in total. The number of rotatable bonds is 22. The SMILES string of the molecule is CC(=O)c1ccc(N2CCC3(CC2)CC(=O)C3)cc1Oc1ccc2[nH]ccc2c1.CC(=O)c1ccc(N2CCC3(CC2)CC(N2CCC[C@H]2c2ccccc2C(C)C)C3)cc1Oc1ccc2[nH]ccc2c1.CC(=O)c1ccc(N2CCC3(CC2)CC(N2CCC[C@H]2c2ccccc2C(C)C)C3)cc1Oc1ccc2[nH]ccc2c1.O=C1CC2(CCN(c3ccc(C(=O)O)c(Oc4ccc5[nH]ccc5c4)c3)CC2)C1. The predicted octanol–water partition coefficient (Wildman–Crippen LogP) is 27.5. The topological polar surface area (TPSA) is 242 Å². The Morgan fingerprint density at radius 3 is 0.880 bits per heavy atom. The van der Waals surface area contributed by atoms with Crippen molar-refractivity contribution in [2.45, 2.75) is 213 Å². The molecule has 732 valence electrons. The van der Waals surface area contributed by atoms with Crippen LogP contribution >= 0.6 is 0 Å². The molecule has 142 heavy (non-hydrogen) atoms. The number of likely N-dealkylation sites (tertiary alicyclic amines) is 2. The second kappa shape index (κ2) is 39.8. The number of benzene rings is 10. The lowest BCUT2D eigenvalue weighted by Crippen LogP contribution is -2.54. The Bertz CT molecular complexity index is 6610. The quantitative estimate of drug-likeness (QED) is 0.0396. The molecular weight excluding hydrogens is 1770 g/mol. The van der Waals surface area contributed by atoms with Gasteiger partial charge in [-0.25, -0.2) is 4.79 Å². The lowest BCUT2D eigenvalue weighted by molar-refractivity contribution is -0.134. The normalized spacial score (nSPS) is 19.7. The summed E-state index contributed by atoms with van der Waals surface area (Å²) in [7, 11) is 0. The number of aromatic carboxylic acids is 1. The number of hydrogen-bond acceptors (Lipinski definition) is 16. The third-order valence-electron chi connectivity index (χ3n) is 33.4. The number of nitrogens with zero attached hydrogens (tertiary/aromatic N) is 6. The largest absolute Gasteiger partial charge is 0.478 e. The van der Waals surface area contributed by atoms with Gasteiger partial charge in [-0.1, -0.05) is 76.2 Å². The van der Waals surface area contributed by atoms with Gasteiger partial charge in [0.05, 0.1) is 16.7 Å². The smallest absolute Gasteiger partial charge is 0.339 e. The molecule has 10 fully saturated rings. The Hall–Kier alpha value is -13.5. The lowest BCUT2D eigenvalue weighted by atomic mass is 9.59. The zero-order valence-corrected chi connectivity index (χ0v) is 83.0. The minimum Gasteiger partial charge on any atom is -0.478 e. The molecule has 4 aromatic heterocycles. The van der Waals surface area contributed by atoms with Crippen LogP contribution in [0.5, 0.6) is 46.0 Å². The second-order valence-electron chi connectivity index (χ2n) is 43.2. The maximum Gasteiger partial charge on any atom is 0.339 e. The molecule has 14 aromatic rings. The van der Waals surface area contributed by atoms with Gasteiger partial charge < -0.3 is 63.6 Å². The molecule has 24 rings (SSSR count). The Kier molecular flexibility index (Phi) is 26.5. The molecule has 21 nitrogen and oxygen atoms in total. The van der Waals surface area contributed by atoms with Crippen molar-refractivity contribution in [1.29, 1.82) is 0 Å². The van der Waals surface area contributed by atoms with E-state index in [2.05, 4.69) is 150 Å². The standard InChI is InChI=1S/2C37H43N3O2.C24H24N2O3.C23H22N2O4/c2*1-25(2)31-7-4-5-8-33(31)35-9-6-18-40(35)29-23-37(24-29)15-19-39(20-16-37)28-10-12-32(26(3)41)36(22-28)42-30-11-13-34-27(21-30)14-17-38-34;1-16(27)21-4-2-18(26-10-7-24(8-11-26)14-19(28)15-24)13-23(21)29-20-3-5-22-17(12-20)6-9-25-22;26-17-13-23(14-17)6-9-25(10-7-23)16-1-3-19(22(27)28)21(12-16)29-18-2-4-20-15(11-18)5-8-24-20/h2*4-5,7-8,10-14,17,21-22,25,29,35,38H,6,9,15-16,18-20,23-24H2,1-3H3;2-6,9,12-13,25H,7-8,10-11,14-15H2,1H3;1-5,8,11-12,24H,6-7,9-10,13-14H2,(H,27,28)/t2*35-;;/m00../s1. The number of piperidine rings is 4. The van der Waals surface area contributed by atoms with E-state index in [1.807, 2.05) is 164 Å². The van der Waals surface area contributed by atoms with Crippen molar-refractivity contribution in [1.82, 2.24) is 29.7 Å². The number of hydrogen-bond donors (Lipinski definition) is 5. The van der Waals surface area contributed by atoms with Crippen molar-refractivity contribution >= 4 is 101 Å². The maximum absolute atomic E-state index is 12.4. The summed E-state index contributed by atoms with van der Waals surface area (Å²) in [5.74, 6) is 5.93. The van der Waals surface area contributed by atoms with E-state index in [4.69, 9.17) is 18.9 Å². The number of ketones is 5. The van der Waals surface area contributed by atoms with Gasteiger partial charge in [0.1, 0.15) is 63.1 Å². The van der Waals surface area contributed by atoms with Crippen LogP contribution in [0.4, 0.5) is 22.7 Å². The van der Waals surface area contributed by atoms with Crippen molar-refractivity contribution in [2.75, 3.05) is 85.0 Å². The van der Waals surface area contributed by atoms with E-state index in [0.717, 1.165) is 194 Å². The zero-order chi connectivity index (χ0) is 97.7. The molecule has 2 atom stereocenters. The minimum atomic E-state index is -1.01. The summed E-state index contributed by atoms with van der Waals surface area (Å²) in [4.78, 5) is 99.6. The highest BCUT2D eigenvalue weighted by Crippen LogP contribution is 2.58. The van der Waals surface area contributed by atoms with Crippen molar-refractivity contribution in [3.05, 3.63) is 288 Å². The van der Waals surface area contributed by atoms with Gasteiger partial charge in [-0.3, -0.25) is 33.8 Å². The second-order valence-corrected chi connectivity index (χ2v) is 43.2. The number of aromatic nitrogens is 4. The summed E-state index contributed by atoms with van der Waals surface area (Å²) in [5.41, 5.74) is 18.1. The number of nitrogens with one attached hydrogen (secondary N) is 4. The predicted molar refractivity (Wildman–Crippen MR) is 565 cm³/mol. The van der Waals surface area contributed by atoms with Crippen LogP contribution in [0, 0.1) is 21.7 Å². The molecule has 0 amide bonds. The Labute approximate surface area is 832 Å². The van der Waals surface area contributed by atoms with E-state index < -0.39 is 5.97 Å². The van der Waals surface area contributed by atoms with E-state index in [1.165, 1.54) is 101 Å². The van der Waals surface area contributed by atoms with E-state index in [-0.39, 0.29) is 33.7 Å². The lowest BCUT2D eigenvalue weighted by Gasteiger charge is -2.56. The number of aromatic amines is 4. The number of carbonyl (C=O) groups excluding carboxylic acids is 5. The average Bonchev–Trinajstić information content (AvgIpc) is 1.40. The fourth-order valence-electron chi connectivity index (χ4n) is 25.3. The molecule has 0 bridgehead atoms. The molecule has 0 radical (unpaired) electrons. The van der Waals surface area contributed by atoms with Crippen LogP contribution in [0.15, 0.2) is 243 Å². The summed E-state index contributed by atoms with van der Waals surface area (Å²) >= 11 is 0. The number of carbonyl (C=O) groups is 6. The van der Waals surface area contributed by atoms with Gasteiger partial charge in [-0.2, -0.15) is 0 Å². The van der Waals surface area contributed by atoms with Crippen molar-refractivity contribution in [3.8, 4) is 46.0 Å². The maximum atomic E-state index is 12.4. The number of fused-ring (bicyclic) bond motifs is 4. The van der Waals surface area contributed by atoms with Crippen LogP contribution in [0.1, 0.15) is 264 Å². The highest BCUT2D eigenvalue weighted by Gasteiger charge is 2.53. The molecule has 10 heterocycles. The first-order valence-corrected chi connectivity index (χ1v) is 51.9. The van der Waals surface area contributed by atoms with Crippen LogP contribution in [0.3, 0.4) is 0 Å². The van der Waals surface area contributed by atoms with Crippen molar-refractivity contribution in [3.63, 3.8) is 0 Å². The molecule has 21 heteroatoms. The molecule has 6 saturated heterocycles. The third kappa shape index (κ3) is 19.9. The van der Waals surface area contributed by atoms with Gasteiger partial charge >= 0.3 is 5.97 Å². The average molecular weight is 1900 g/mol. The van der Waals surface area contributed by atoms with E-state index in [0.29, 0.717) is 97.5 Å². The highest BCUT2D eigenvalue weighted by molar-refractivity contribution is 6.00. The fourth-order valence-corrected chi connectivity index (χ4v) is 25.3. The molecule has 0 unspecified atom stereocenters. The van der Waals surface area contributed by atoms with Gasteiger partial charge in [0.25, 0.3) is 0 Å². The Morgan fingerprint density at radius 2 is 0.606 bits per heavy atom. The molecular formula is C121H132N10O11. The van der Waals surface area contributed by atoms with Crippen LogP contribution in [0.2, 0.25) is 0 Å². The summed E-state index contributed by atoms with van der Waals surface area (Å²) < 4.78 is 24.8. The first-order valence-electron chi connectivity index (χ1n) is 51.9. The van der Waals surface area contributed by atoms with Crippen LogP contribution < -0.4 is 38.5 Å². The van der Waals surface area contributed by atoms with Crippen LogP contribution in [0.25, 0.3) is 43.6 Å². The summed E-state index contributed by atoms with van der Waals surface area (Å²) in [5, 5.41) is 13.9. The summed E-state index contributed by atoms with van der Waals surface area (Å²) in [6.45, 7) is 24.4. The third-order valence-corrected chi connectivity index (χ3v) is 33.4. The minimum absolute atomic E-state index is 0.0140.